The third-order valence-electron chi connectivity index (χ3n) is 2.99. The van der Waals surface area contributed by atoms with Crippen molar-refractivity contribution in [2.24, 2.45) is 0 Å². The first kappa shape index (κ1) is 16.2. The van der Waals surface area contributed by atoms with E-state index >= 15 is 0 Å². The van der Waals surface area contributed by atoms with Gasteiger partial charge >= 0.3 is 5.97 Å². The van der Waals surface area contributed by atoms with Crippen molar-refractivity contribution in [1.82, 2.24) is 0 Å². The molecule has 0 radical (unpaired) electrons. The van der Waals surface area contributed by atoms with Crippen LogP contribution in [0.3, 0.4) is 0 Å². The summed E-state index contributed by atoms with van der Waals surface area (Å²) in [5, 5.41) is 0. The van der Waals surface area contributed by atoms with E-state index in [4.69, 9.17) is 4.74 Å². The van der Waals surface area contributed by atoms with Crippen LogP contribution in [0.25, 0.3) is 0 Å². The first-order chi connectivity index (χ1) is 8.22. The number of hydrogen-bond acceptors (Lipinski definition) is 2. The highest BCUT2D eigenvalue weighted by atomic mass is 16.5. The van der Waals surface area contributed by atoms with Gasteiger partial charge in [0.2, 0.25) is 0 Å². The molecule has 0 aliphatic rings. The molecule has 0 N–H and O–H groups in total. The first-order valence-electron chi connectivity index (χ1n) is 7.02. The zero-order chi connectivity index (χ0) is 12.9. The molecule has 0 unspecified atom stereocenters. The third kappa shape index (κ3) is 10.1. The summed E-state index contributed by atoms with van der Waals surface area (Å²) in [5.74, 6) is -0.171. The van der Waals surface area contributed by atoms with Crippen LogP contribution in [0.4, 0.5) is 0 Å². The number of ether oxygens (including phenoxy) is 1. The quantitative estimate of drug-likeness (QED) is 0.316. The normalized spacial score (nSPS) is 11.6. The second kappa shape index (κ2) is 11.7. The van der Waals surface area contributed by atoms with Crippen LogP contribution >= 0.6 is 0 Å². The number of rotatable bonds is 10. The molecule has 0 aromatic carbocycles. The molecule has 0 saturated carbocycles. The topological polar surface area (TPSA) is 26.3 Å². The van der Waals surface area contributed by atoms with E-state index in [-0.39, 0.29) is 5.97 Å². The highest BCUT2D eigenvalue weighted by Crippen LogP contribution is 2.08. The molecule has 2 heteroatoms. The first-order valence-corrected chi connectivity index (χ1v) is 7.02. The Labute approximate surface area is 106 Å². The van der Waals surface area contributed by atoms with Gasteiger partial charge in [0.25, 0.3) is 0 Å². The number of unbranched alkanes of at least 4 members (excludes halogenated alkanes) is 7. The van der Waals surface area contributed by atoms with Crippen molar-refractivity contribution in [3.05, 3.63) is 11.6 Å². The molecule has 0 aliphatic heterocycles. The van der Waals surface area contributed by atoms with Crippen LogP contribution < -0.4 is 0 Å². The fourth-order valence-corrected chi connectivity index (χ4v) is 1.63. The Morgan fingerprint density at radius 2 is 1.53 bits per heavy atom. The molecule has 0 rings (SSSR count). The molecule has 0 aliphatic carbocycles. The average molecular weight is 240 g/mol. The molecule has 17 heavy (non-hydrogen) atoms. The van der Waals surface area contributed by atoms with Crippen LogP contribution in [0.5, 0.6) is 0 Å². The monoisotopic (exact) mass is 240 g/mol. The van der Waals surface area contributed by atoms with E-state index in [1.807, 2.05) is 6.92 Å². The standard InChI is InChI=1S/C15H28O2/c1-4-6-7-8-9-10-11-12-13-17-15(16)14(3)5-2/h5H,4,6-13H2,1-3H3. The van der Waals surface area contributed by atoms with Crippen LogP contribution in [0, 0.1) is 0 Å². The van der Waals surface area contributed by atoms with Crippen molar-refractivity contribution < 1.29 is 9.53 Å². The lowest BCUT2D eigenvalue weighted by Gasteiger charge is -2.04. The van der Waals surface area contributed by atoms with Crippen molar-refractivity contribution in [3.8, 4) is 0 Å². The van der Waals surface area contributed by atoms with E-state index in [0.717, 1.165) is 6.42 Å². The van der Waals surface area contributed by atoms with Gasteiger partial charge in [-0.3, -0.25) is 0 Å². The Hall–Kier alpha value is -0.790. The van der Waals surface area contributed by atoms with Crippen molar-refractivity contribution in [3.63, 3.8) is 0 Å². The van der Waals surface area contributed by atoms with E-state index in [1.165, 1.54) is 44.9 Å². The third-order valence-corrected chi connectivity index (χ3v) is 2.99. The Morgan fingerprint density at radius 1 is 1.00 bits per heavy atom. The van der Waals surface area contributed by atoms with E-state index < -0.39 is 0 Å². The van der Waals surface area contributed by atoms with Gasteiger partial charge in [-0.15, -0.1) is 0 Å². The minimum Gasteiger partial charge on any atom is -0.462 e. The summed E-state index contributed by atoms with van der Waals surface area (Å²) in [6, 6.07) is 0. The number of allylic oxidation sites excluding steroid dienone is 1. The molecule has 0 aromatic heterocycles. The Bertz CT molecular complexity index is 219. The smallest absolute Gasteiger partial charge is 0.333 e. The Morgan fingerprint density at radius 3 is 2.06 bits per heavy atom. The van der Waals surface area contributed by atoms with Crippen LogP contribution in [-0.4, -0.2) is 12.6 Å². The molecule has 2 nitrogen and oxygen atoms in total. The molecule has 0 spiro atoms. The molecule has 100 valence electrons. The summed E-state index contributed by atoms with van der Waals surface area (Å²) in [6.45, 7) is 6.45. The van der Waals surface area contributed by atoms with E-state index in [9.17, 15) is 4.79 Å². The Balaban J connectivity index is 3.21. The van der Waals surface area contributed by atoms with Gasteiger partial charge in [0.05, 0.1) is 6.61 Å². The summed E-state index contributed by atoms with van der Waals surface area (Å²) in [6.07, 6.45) is 11.9. The van der Waals surface area contributed by atoms with Gasteiger partial charge in [-0.1, -0.05) is 57.9 Å². The van der Waals surface area contributed by atoms with Gasteiger partial charge < -0.3 is 4.74 Å². The predicted molar refractivity (Wildman–Crippen MR) is 73.0 cm³/mol. The van der Waals surface area contributed by atoms with Crippen LogP contribution in [-0.2, 0) is 9.53 Å². The fourth-order valence-electron chi connectivity index (χ4n) is 1.63. The number of esters is 1. The second-order valence-electron chi connectivity index (χ2n) is 4.58. The second-order valence-corrected chi connectivity index (χ2v) is 4.58. The number of hydrogen-bond donors (Lipinski definition) is 0. The maximum Gasteiger partial charge on any atom is 0.333 e. The minimum absolute atomic E-state index is 0.171. The van der Waals surface area contributed by atoms with Crippen molar-refractivity contribution in [2.45, 2.75) is 72.1 Å². The summed E-state index contributed by atoms with van der Waals surface area (Å²) in [4.78, 5) is 11.3. The van der Waals surface area contributed by atoms with Crippen molar-refractivity contribution in [2.75, 3.05) is 6.61 Å². The molecule has 0 atom stereocenters. The molecular weight excluding hydrogens is 212 g/mol. The zero-order valence-electron chi connectivity index (χ0n) is 11.8. The number of carbonyl (C=O) groups is 1. The largest absolute Gasteiger partial charge is 0.462 e. The molecule has 0 aromatic rings. The molecule has 0 fully saturated rings. The molecule has 0 saturated heterocycles. The maximum absolute atomic E-state index is 11.3. The van der Waals surface area contributed by atoms with E-state index in [2.05, 4.69) is 6.92 Å². The molecule has 0 bridgehead atoms. The van der Waals surface area contributed by atoms with E-state index in [1.54, 1.807) is 13.0 Å². The minimum atomic E-state index is -0.171. The van der Waals surface area contributed by atoms with Gasteiger partial charge in [-0.2, -0.15) is 0 Å². The molecular formula is C15H28O2. The zero-order valence-corrected chi connectivity index (χ0v) is 11.8. The van der Waals surface area contributed by atoms with Crippen LogP contribution in [0.15, 0.2) is 11.6 Å². The lowest BCUT2D eigenvalue weighted by atomic mass is 10.1. The van der Waals surface area contributed by atoms with Gasteiger partial charge in [-0.05, 0) is 20.3 Å². The van der Waals surface area contributed by atoms with Crippen LogP contribution in [0.2, 0.25) is 0 Å². The number of carbonyl (C=O) groups excluding carboxylic acids is 1. The maximum atomic E-state index is 11.3. The van der Waals surface area contributed by atoms with Gasteiger partial charge in [0.1, 0.15) is 0 Å². The van der Waals surface area contributed by atoms with Crippen molar-refractivity contribution in [1.29, 1.82) is 0 Å². The summed E-state index contributed by atoms with van der Waals surface area (Å²) < 4.78 is 5.13. The van der Waals surface area contributed by atoms with Gasteiger partial charge in [0.15, 0.2) is 0 Å². The fraction of sp³-hybridized carbons (Fsp3) is 0.800. The SMILES string of the molecule is CC=C(C)C(=O)OCCCCCCCCCC. The van der Waals surface area contributed by atoms with Crippen molar-refractivity contribution >= 4 is 5.97 Å². The predicted octanol–water partition coefficient (Wildman–Crippen LogP) is 4.64. The highest BCUT2D eigenvalue weighted by Gasteiger charge is 2.03. The molecule has 0 heterocycles. The van der Waals surface area contributed by atoms with Gasteiger partial charge in [-0.25, -0.2) is 4.79 Å². The summed E-state index contributed by atoms with van der Waals surface area (Å²) in [7, 11) is 0. The van der Waals surface area contributed by atoms with Gasteiger partial charge in [0, 0.05) is 5.57 Å². The van der Waals surface area contributed by atoms with E-state index in [0.29, 0.717) is 12.2 Å². The lowest BCUT2D eigenvalue weighted by molar-refractivity contribution is -0.139. The lowest BCUT2D eigenvalue weighted by Crippen LogP contribution is -2.06. The average Bonchev–Trinajstić information content (AvgIpc) is 2.35. The summed E-state index contributed by atoms with van der Waals surface area (Å²) in [5.41, 5.74) is 0.699. The summed E-state index contributed by atoms with van der Waals surface area (Å²) >= 11 is 0. The van der Waals surface area contributed by atoms with Crippen LogP contribution in [0.1, 0.15) is 72.1 Å². The highest BCUT2D eigenvalue weighted by molar-refractivity contribution is 5.87. The molecule has 0 amide bonds. The Kier molecular flexibility index (Phi) is 11.1.